The van der Waals surface area contributed by atoms with E-state index < -0.39 is 12.1 Å². The molecule has 3 N–H and O–H groups in total. The molecule has 0 aliphatic heterocycles. The van der Waals surface area contributed by atoms with Crippen molar-refractivity contribution in [3.05, 3.63) is 12.2 Å². The van der Waals surface area contributed by atoms with Gasteiger partial charge in [-0.1, -0.05) is 6.58 Å². The van der Waals surface area contributed by atoms with E-state index in [1.54, 1.807) is 0 Å². The number of amides is 1. The predicted molar refractivity (Wildman–Crippen MR) is 41.5 cm³/mol. The number of nitrogens with two attached hydrogens (primary N) is 1. The van der Waals surface area contributed by atoms with E-state index >= 15 is 0 Å². The van der Waals surface area contributed by atoms with Crippen molar-refractivity contribution in [1.82, 2.24) is 0 Å². The van der Waals surface area contributed by atoms with Crippen molar-refractivity contribution in [1.29, 1.82) is 0 Å². The Labute approximate surface area is 69.8 Å². The van der Waals surface area contributed by atoms with E-state index in [2.05, 4.69) is 17.0 Å². The lowest BCUT2D eigenvalue weighted by Gasteiger charge is -2.00. The molecule has 0 radical (unpaired) electrons. The number of aliphatic carboxylic acids is 1. The Balaban J connectivity index is 3.38. The Hall–Kier alpha value is -1.52. The lowest BCUT2D eigenvalue weighted by molar-refractivity contribution is -0.132. The number of primary amides is 1. The molecule has 1 amide bonds. The molecule has 0 aliphatic carbocycles. The molecule has 0 aromatic rings. The quantitative estimate of drug-likeness (QED) is 0.468. The van der Waals surface area contributed by atoms with Gasteiger partial charge >= 0.3 is 12.1 Å². The molecule has 0 spiro atoms. The minimum Gasteiger partial charge on any atom is -0.478 e. The second-order valence-corrected chi connectivity index (χ2v) is 2.18. The maximum atomic E-state index is 10.2. The highest BCUT2D eigenvalue weighted by molar-refractivity contribution is 5.85. The van der Waals surface area contributed by atoms with Gasteiger partial charge in [-0.3, -0.25) is 0 Å². The highest BCUT2D eigenvalue weighted by Crippen LogP contribution is 2.01. The summed E-state index contributed by atoms with van der Waals surface area (Å²) in [6, 6.07) is 0. The summed E-state index contributed by atoms with van der Waals surface area (Å²) in [6.07, 6.45) is -0.132. The third kappa shape index (κ3) is 5.28. The van der Waals surface area contributed by atoms with Crippen molar-refractivity contribution < 1.29 is 19.4 Å². The topological polar surface area (TPSA) is 89.6 Å². The molecule has 0 fully saturated rings. The predicted octanol–water partition coefficient (Wildman–Crippen LogP) is 0.503. The monoisotopic (exact) mass is 173 g/mol. The number of hydrogen-bond acceptors (Lipinski definition) is 3. The Morgan fingerprint density at radius 1 is 1.50 bits per heavy atom. The van der Waals surface area contributed by atoms with Gasteiger partial charge in [0.25, 0.3) is 0 Å². The fourth-order valence-electron chi connectivity index (χ4n) is 0.565. The van der Waals surface area contributed by atoms with Crippen LogP contribution in [-0.2, 0) is 9.53 Å². The molecule has 0 atom stereocenters. The Bertz CT molecular complexity index is 200. The molecule has 12 heavy (non-hydrogen) atoms. The fourth-order valence-corrected chi connectivity index (χ4v) is 0.565. The number of carbonyl (C=O) groups excluding carboxylic acids is 1. The van der Waals surface area contributed by atoms with Crippen LogP contribution in [0.1, 0.15) is 12.8 Å². The molecule has 0 heterocycles. The first-order valence-corrected chi connectivity index (χ1v) is 3.37. The van der Waals surface area contributed by atoms with Gasteiger partial charge in [0.2, 0.25) is 0 Å². The molecule has 5 heteroatoms. The van der Waals surface area contributed by atoms with E-state index in [9.17, 15) is 9.59 Å². The second-order valence-electron chi connectivity index (χ2n) is 2.18. The number of carboxylic acid groups (broad SMARTS) is 1. The van der Waals surface area contributed by atoms with E-state index in [1.165, 1.54) is 0 Å². The van der Waals surface area contributed by atoms with Crippen molar-refractivity contribution in [3.63, 3.8) is 0 Å². The molecule has 0 rings (SSSR count). The van der Waals surface area contributed by atoms with Crippen molar-refractivity contribution >= 4 is 12.1 Å². The zero-order chi connectivity index (χ0) is 9.56. The molecule has 0 saturated carbocycles. The smallest absolute Gasteiger partial charge is 0.404 e. The molecule has 0 unspecified atom stereocenters. The van der Waals surface area contributed by atoms with Gasteiger partial charge in [-0.05, 0) is 12.8 Å². The molecule has 0 aromatic heterocycles. The number of carboxylic acids is 1. The van der Waals surface area contributed by atoms with Gasteiger partial charge < -0.3 is 15.6 Å². The molecule has 5 nitrogen and oxygen atoms in total. The first-order chi connectivity index (χ1) is 5.54. The van der Waals surface area contributed by atoms with Crippen LogP contribution < -0.4 is 5.73 Å². The van der Waals surface area contributed by atoms with Gasteiger partial charge in [-0.2, -0.15) is 0 Å². The molecular weight excluding hydrogens is 162 g/mol. The summed E-state index contributed by atoms with van der Waals surface area (Å²) in [5, 5.41) is 8.36. The van der Waals surface area contributed by atoms with Crippen molar-refractivity contribution in [3.8, 4) is 0 Å². The molecular formula is C7H11NO4. The molecule has 0 saturated heterocycles. The second kappa shape index (κ2) is 5.17. The summed E-state index contributed by atoms with van der Waals surface area (Å²) in [6.45, 7) is 3.43. The summed E-state index contributed by atoms with van der Waals surface area (Å²) in [5.74, 6) is -1.03. The van der Waals surface area contributed by atoms with E-state index in [0.717, 1.165) is 0 Å². The fraction of sp³-hybridized carbons (Fsp3) is 0.429. The van der Waals surface area contributed by atoms with Crippen LogP contribution in [0.2, 0.25) is 0 Å². The van der Waals surface area contributed by atoms with E-state index in [0.29, 0.717) is 12.8 Å². The Morgan fingerprint density at radius 2 is 2.08 bits per heavy atom. The Morgan fingerprint density at radius 3 is 2.50 bits per heavy atom. The largest absolute Gasteiger partial charge is 0.478 e. The molecule has 0 bridgehead atoms. The Kier molecular flexibility index (Phi) is 4.52. The number of ether oxygens (including phenoxy) is 1. The zero-order valence-electron chi connectivity index (χ0n) is 6.58. The summed E-state index contributed by atoms with van der Waals surface area (Å²) < 4.78 is 4.38. The van der Waals surface area contributed by atoms with E-state index in [-0.39, 0.29) is 12.2 Å². The normalized spacial score (nSPS) is 9.00. The number of carbonyl (C=O) groups is 2. The minimum atomic E-state index is -1.03. The lowest BCUT2D eigenvalue weighted by Crippen LogP contribution is -2.14. The van der Waals surface area contributed by atoms with Crippen LogP contribution in [0.3, 0.4) is 0 Å². The highest BCUT2D eigenvalue weighted by Gasteiger charge is 2.03. The zero-order valence-corrected chi connectivity index (χ0v) is 6.58. The maximum Gasteiger partial charge on any atom is 0.404 e. The van der Waals surface area contributed by atoms with Crippen molar-refractivity contribution in [2.75, 3.05) is 6.61 Å². The van der Waals surface area contributed by atoms with Crippen LogP contribution in [0.5, 0.6) is 0 Å². The minimum absolute atomic E-state index is 0.100. The van der Waals surface area contributed by atoms with Crippen LogP contribution in [0.15, 0.2) is 12.2 Å². The first-order valence-electron chi connectivity index (χ1n) is 3.37. The summed E-state index contributed by atoms with van der Waals surface area (Å²) in [4.78, 5) is 20.2. The van der Waals surface area contributed by atoms with Crippen LogP contribution in [0, 0.1) is 0 Å². The van der Waals surface area contributed by atoms with Gasteiger partial charge in [0.15, 0.2) is 0 Å². The average Bonchev–Trinajstić information content (AvgIpc) is 1.97. The van der Waals surface area contributed by atoms with E-state index in [4.69, 9.17) is 5.11 Å². The van der Waals surface area contributed by atoms with Crippen LogP contribution in [0.25, 0.3) is 0 Å². The summed E-state index contributed by atoms with van der Waals surface area (Å²) in [7, 11) is 0. The summed E-state index contributed by atoms with van der Waals surface area (Å²) in [5.41, 5.74) is 4.77. The van der Waals surface area contributed by atoms with Gasteiger partial charge in [-0.15, -0.1) is 0 Å². The van der Waals surface area contributed by atoms with Crippen LogP contribution in [-0.4, -0.2) is 23.8 Å². The standard InChI is InChI=1S/C7H11NO4/c1-5(6(9)10)3-2-4-12-7(8)11/h1-4H2,(H2,8,11)(H,9,10). The van der Waals surface area contributed by atoms with Gasteiger partial charge in [0.1, 0.15) is 0 Å². The van der Waals surface area contributed by atoms with Crippen LogP contribution >= 0.6 is 0 Å². The first kappa shape index (κ1) is 10.5. The maximum absolute atomic E-state index is 10.2. The third-order valence-electron chi connectivity index (χ3n) is 1.17. The highest BCUT2D eigenvalue weighted by atomic mass is 16.5. The molecule has 0 aromatic carbocycles. The van der Waals surface area contributed by atoms with Gasteiger partial charge in [-0.25, -0.2) is 9.59 Å². The van der Waals surface area contributed by atoms with Crippen molar-refractivity contribution in [2.45, 2.75) is 12.8 Å². The molecule has 68 valence electrons. The van der Waals surface area contributed by atoms with Crippen molar-refractivity contribution in [2.24, 2.45) is 5.73 Å². The average molecular weight is 173 g/mol. The molecule has 0 aliphatic rings. The lowest BCUT2D eigenvalue weighted by atomic mass is 10.2. The van der Waals surface area contributed by atoms with Gasteiger partial charge in [0, 0.05) is 5.57 Å². The third-order valence-corrected chi connectivity index (χ3v) is 1.17. The summed E-state index contributed by atoms with van der Waals surface area (Å²) >= 11 is 0. The SMILES string of the molecule is C=C(CCCOC(N)=O)C(=O)O. The number of hydrogen-bond donors (Lipinski definition) is 2. The number of rotatable bonds is 5. The van der Waals surface area contributed by atoms with Gasteiger partial charge in [0.05, 0.1) is 6.61 Å². The van der Waals surface area contributed by atoms with Crippen LogP contribution in [0.4, 0.5) is 4.79 Å². The van der Waals surface area contributed by atoms with E-state index in [1.807, 2.05) is 0 Å².